The zero-order valence-electron chi connectivity index (χ0n) is 12.8. The van der Waals surface area contributed by atoms with Crippen LogP contribution >= 0.6 is 23.1 Å². The van der Waals surface area contributed by atoms with Crippen LogP contribution in [0.3, 0.4) is 0 Å². The molecule has 1 N–H and O–H groups in total. The van der Waals surface area contributed by atoms with Crippen LogP contribution in [-0.2, 0) is 0 Å². The van der Waals surface area contributed by atoms with Gasteiger partial charge in [0.1, 0.15) is 0 Å². The van der Waals surface area contributed by atoms with Gasteiger partial charge in [0.05, 0.1) is 10.4 Å². The summed E-state index contributed by atoms with van der Waals surface area (Å²) in [5, 5.41) is 3.77. The molecule has 0 radical (unpaired) electrons. The Morgan fingerprint density at radius 2 is 2.04 bits per heavy atom. The van der Waals surface area contributed by atoms with E-state index in [1.807, 2.05) is 18.2 Å². The van der Waals surface area contributed by atoms with Crippen LogP contribution in [0, 0.1) is 5.92 Å². The molecule has 3 saturated heterocycles. The number of fused-ring (bicyclic) bond motifs is 3. The molecule has 120 valence electrons. The smallest absolute Gasteiger partial charge is 0.280 e. The number of piperidine rings is 3. The van der Waals surface area contributed by atoms with Crippen LogP contribution in [0.5, 0.6) is 0 Å². The van der Waals surface area contributed by atoms with Crippen molar-refractivity contribution in [3.63, 3.8) is 0 Å². The number of aromatic nitrogens is 1. The van der Waals surface area contributed by atoms with E-state index in [0.717, 1.165) is 10.8 Å². The first-order valence-corrected chi connectivity index (χ1v) is 9.63. The van der Waals surface area contributed by atoms with Crippen LogP contribution in [0.15, 0.2) is 45.6 Å². The SMILES string of the molecule is O=C(NC1CN2CCC1CC2)c1ncc(Sc2ccccc2)s1. The van der Waals surface area contributed by atoms with E-state index in [1.54, 1.807) is 18.0 Å². The summed E-state index contributed by atoms with van der Waals surface area (Å²) >= 11 is 3.12. The molecule has 0 saturated carbocycles. The van der Waals surface area contributed by atoms with Crippen molar-refractivity contribution in [1.82, 2.24) is 15.2 Å². The summed E-state index contributed by atoms with van der Waals surface area (Å²) in [6.07, 6.45) is 4.21. The normalized spacial score (nSPS) is 26.2. The van der Waals surface area contributed by atoms with E-state index in [-0.39, 0.29) is 5.91 Å². The lowest BCUT2D eigenvalue weighted by atomic mass is 9.84. The highest BCUT2D eigenvalue weighted by Crippen LogP contribution is 2.32. The second-order valence-corrected chi connectivity index (χ2v) is 8.52. The molecule has 6 heteroatoms. The highest BCUT2D eigenvalue weighted by atomic mass is 32.2. The van der Waals surface area contributed by atoms with Crippen LogP contribution in [-0.4, -0.2) is 41.5 Å². The molecular weight excluding hydrogens is 326 g/mol. The summed E-state index contributed by atoms with van der Waals surface area (Å²) in [6.45, 7) is 3.37. The standard InChI is InChI=1S/C17H19N3OS2/c21-16(19-14-11-20-8-6-12(14)7-9-20)17-18-10-15(23-17)22-13-4-2-1-3-5-13/h1-5,10,12,14H,6-9,11H2,(H,19,21). The lowest BCUT2D eigenvalue weighted by Crippen LogP contribution is -2.57. The number of hydrogen-bond acceptors (Lipinski definition) is 5. The van der Waals surface area contributed by atoms with E-state index < -0.39 is 0 Å². The third kappa shape index (κ3) is 3.44. The number of nitrogens with one attached hydrogen (secondary N) is 1. The molecule has 3 aliphatic rings. The number of carbonyl (C=O) groups excluding carboxylic acids is 1. The molecule has 0 aliphatic carbocycles. The van der Waals surface area contributed by atoms with Crippen molar-refractivity contribution in [2.24, 2.45) is 5.92 Å². The summed E-state index contributed by atoms with van der Waals surface area (Å²) in [5.41, 5.74) is 0. The zero-order chi connectivity index (χ0) is 15.6. The fraction of sp³-hybridized carbons (Fsp3) is 0.412. The van der Waals surface area contributed by atoms with Gasteiger partial charge in [0.15, 0.2) is 5.01 Å². The van der Waals surface area contributed by atoms with Gasteiger partial charge >= 0.3 is 0 Å². The summed E-state index contributed by atoms with van der Waals surface area (Å²) in [7, 11) is 0. The number of rotatable bonds is 4. The maximum atomic E-state index is 12.5. The maximum absolute atomic E-state index is 12.5. The van der Waals surface area contributed by atoms with E-state index in [2.05, 4.69) is 27.3 Å². The largest absolute Gasteiger partial charge is 0.346 e. The second kappa shape index (κ2) is 6.63. The molecule has 2 bridgehead atoms. The van der Waals surface area contributed by atoms with Gasteiger partial charge in [-0.05, 0) is 44.0 Å². The molecule has 4 heterocycles. The summed E-state index contributed by atoms with van der Waals surface area (Å²) in [5.74, 6) is 0.621. The number of amides is 1. The van der Waals surface area contributed by atoms with Crippen molar-refractivity contribution in [3.8, 4) is 0 Å². The van der Waals surface area contributed by atoms with Gasteiger partial charge < -0.3 is 10.2 Å². The Bertz CT molecular complexity index is 680. The predicted molar refractivity (Wildman–Crippen MR) is 93.1 cm³/mol. The Balaban J connectivity index is 1.39. The topological polar surface area (TPSA) is 45.2 Å². The average molecular weight is 345 g/mol. The third-order valence-corrected chi connectivity index (χ3v) is 6.72. The molecule has 5 rings (SSSR count). The van der Waals surface area contributed by atoms with Crippen molar-refractivity contribution >= 4 is 29.0 Å². The van der Waals surface area contributed by atoms with E-state index in [0.29, 0.717) is 17.0 Å². The molecular formula is C17H19N3OS2. The van der Waals surface area contributed by atoms with Crippen molar-refractivity contribution in [3.05, 3.63) is 41.5 Å². The molecule has 1 amide bonds. The maximum Gasteiger partial charge on any atom is 0.280 e. The predicted octanol–water partition coefficient (Wildman–Crippen LogP) is 3.12. The van der Waals surface area contributed by atoms with E-state index in [4.69, 9.17) is 0 Å². The molecule has 4 nitrogen and oxygen atoms in total. The first-order valence-electron chi connectivity index (χ1n) is 8.00. The minimum atomic E-state index is -0.0198. The molecule has 3 aliphatic heterocycles. The van der Waals surface area contributed by atoms with Crippen molar-refractivity contribution in [1.29, 1.82) is 0 Å². The number of nitrogens with zero attached hydrogens (tertiary/aromatic N) is 2. The fourth-order valence-corrected chi connectivity index (χ4v) is 5.25. The van der Waals surface area contributed by atoms with Gasteiger partial charge in [0, 0.05) is 17.5 Å². The molecule has 3 fully saturated rings. The van der Waals surface area contributed by atoms with Crippen LogP contribution in [0.4, 0.5) is 0 Å². The Labute approximate surface area is 144 Å². The summed E-state index contributed by atoms with van der Waals surface area (Å²) < 4.78 is 1.05. The van der Waals surface area contributed by atoms with E-state index >= 15 is 0 Å². The molecule has 1 aromatic carbocycles. The molecule has 1 aromatic heterocycles. The van der Waals surface area contributed by atoms with Gasteiger partial charge in [-0.3, -0.25) is 4.79 Å². The average Bonchev–Trinajstić information content (AvgIpc) is 3.05. The van der Waals surface area contributed by atoms with E-state index in [9.17, 15) is 4.79 Å². The van der Waals surface area contributed by atoms with Crippen molar-refractivity contribution < 1.29 is 4.79 Å². The number of benzene rings is 1. The van der Waals surface area contributed by atoms with E-state index in [1.165, 1.54) is 42.2 Å². The van der Waals surface area contributed by atoms with Gasteiger partial charge in [-0.15, -0.1) is 11.3 Å². The minimum Gasteiger partial charge on any atom is -0.346 e. The van der Waals surface area contributed by atoms with Gasteiger partial charge in [-0.2, -0.15) is 0 Å². The minimum absolute atomic E-state index is 0.0198. The Kier molecular flexibility index (Phi) is 4.37. The third-order valence-electron chi connectivity index (χ3n) is 4.61. The lowest BCUT2D eigenvalue weighted by molar-refractivity contribution is 0.0620. The number of hydrogen-bond donors (Lipinski definition) is 1. The van der Waals surface area contributed by atoms with Gasteiger partial charge in [0.2, 0.25) is 0 Å². The summed E-state index contributed by atoms with van der Waals surface area (Å²) in [6, 6.07) is 10.5. The zero-order valence-corrected chi connectivity index (χ0v) is 14.4. The highest BCUT2D eigenvalue weighted by molar-refractivity contribution is 8.01. The van der Waals surface area contributed by atoms with Gasteiger partial charge in [0.25, 0.3) is 5.91 Å². The highest BCUT2D eigenvalue weighted by Gasteiger charge is 2.35. The van der Waals surface area contributed by atoms with Crippen LogP contribution in [0.25, 0.3) is 0 Å². The molecule has 2 aromatic rings. The second-order valence-electron chi connectivity index (χ2n) is 6.12. The molecule has 1 unspecified atom stereocenters. The van der Waals surface area contributed by atoms with Crippen molar-refractivity contribution in [2.75, 3.05) is 19.6 Å². The number of thiazole rings is 1. The molecule has 1 atom stereocenters. The molecule has 23 heavy (non-hydrogen) atoms. The van der Waals surface area contributed by atoms with Gasteiger partial charge in [-0.1, -0.05) is 30.0 Å². The monoisotopic (exact) mass is 345 g/mol. The fourth-order valence-electron chi connectivity index (χ4n) is 3.37. The number of carbonyl (C=O) groups is 1. The quantitative estimate of drug-likeness (QED) is 0.925. The Morgan fingerprint density at radius 1 is 1.26 bits per heavy atom. The van der Waals surface area contributed by atoms with Crippen LogP contribution in [0.1, 0.15) is 22.6 Å². The van der Waals surface area contributed by atoms with Crippen molar-refractivity contribution in [2.45, 2.75) is 28.0 Å². The first kappa shape index (κ1) is 15.2. The van der Waals surface area contributed by atoms with Crippen LogP contribution < -0.4 is 5.32 Å². The van der Waals surface area contributed by atoms with Gasteiger partial charge in [-0.25, -0.2) is 4.98 Å². The Hall–Kier alpha value is -1.37. The lowest BCUT2D eigenvalue weighted by Gasteiger charge is -2.44. The Morgan fingerprint density at radius 3 is 2.74 bits per heavy atom. The van der Waals surface area contributed by atoms with Crippen LogP contribution in [0.2, 0.25) is 0 Å². The molecule has 0 spiro atoms. The first-order chi connectivity index (χ1) is 11.3. The summed E-state index contributed by atoms with van der Waals surface area (Å²) in [4.78, 5) is 20.4.